The zero-order chi connectivity index (χ0) is 46.8. The second kappa shape index (κ2) is 22.1. The number of nitrogens with zero attached hydrogens (tertiary/aromatic N) is 3. The van der Waals surface area contributed by atoms with Crippen LogP contribution < -0.4 is 10.9 Å². The molecular formula is C42H61N5O14Si3. The van der Waals surface area contributed by atoms with E-state index in [1.807, 2.05) is 60.7 Å². The number of H-pyrrole nitrogens is 1. The molecule has 0 spiro atoms. The quantitative estimate of drug-likeness (QED) is 0.0391. The molecule has 0 saturated carbocycles. The van der Waals surface area contributed by atoms with E-state index in [-0.39, 0.29) is 50.1 Å². The van der Waals surface area contributed by atoms with Crippen LogP contribution in [0.2, 0.25) is 39.3 Å². The summed E-state index contributed by atoms with van der Waals surface area (Å²) in [5.74, 6) is -2.02. The maximum absolute atomic E-state index is 13.3. The minimum Gasteiger partial charge on any atom is -0.463 e. The molecule has 1 amide bonds. The summed E-state index contributed by atoms with van der Waals surface area (Å²) in [4.78, 5) is 60.3. The SMILES string of the molecule is CC(=O)OCCOC(OCCOC(C)=O)OC1[C@@H](O)[C@@H](CO[Si](O[Si](C)(C)C)(O[Si](C)(C)C)C(c2ccccc2)c2ccccc2)O[C@H]1n1cnc2c(=O)[nH]c(NC(=O)C(C)C)nc21. The smallest absolute Gasteiger partial charge is 0.463 e. The minimum absolute atomic E-state index is 0.000601. The van der Waals surface area contributed by atoms with Gasteiger partial charge in [0.1, 0.15) is 31.5 Å². The Morgan fingerprint density at radius 1 is 0.844 bits per heavy atom. The van der Waals surface area contributed by atoms with E-state index < -0.39 is 91.3 Å². The molecule has 4 atom stereocenters. The van der Waals surface area contributed by atoms with Crippen molar-refractivity contribution < 1.29 is 60.6 Å². The maximum Gasteiger partial charge on any atom is 0.492 e. The number of amides is 1. The van der Waals surface area contributed by atoms with Crippen molar-refractivity contribution >= 4 is 60.4 Å². The average molecular weight is 944 g/mol. The van der Waals surface area contributed by atoms with E-state index in [4.69, 9.17) is 41.1 Å². The number of aliphatic hydroxyl groups is 1. The monoisotopic (exact) mass is 943 g/mol. The number of rotatable bonds is 23. The van der Waals surface area contributed by atoms with Crippen LogP contribution in [0.15, 0.2) is 71.8 Å². The lowest BCUT2D eigenvalue weighted by atomic mass is 10.0. The van der Waals surface area contributed by atoms with Gasteiger partial charge in [0.2, 0.25) is 11.9 Å². The maximum atomic E-state index is 13.3. The molecule has 1 unspecified atom stereocenters. The molecule has 64 heavy (non-hydrogen) atoms. The van der Waals surface area contributed by atoms with Crippen LogP contribution in [0.3, 0.4) is 0 Å². The Morgan fingerprint density at radius 2 is 1.38 bits per heavy atom. The zero-order valence-electron chi connectivity index (χ0n) is 38.0. The molecule has 22 heteroatoms. The van der Waals surface area contributed by atoms with Crippen LogP contribution >= 0.6 is 0 Å². The molecule has 0 bridgehead atoms. The van der Waals surface area contributed by atoms with E-state index >= 15 is 0 Å². The number of anilines is 1. The number of fused-ring (bicyclic) bond motifs is 1. The van der Waals surface area contributed by atoms with Crippen LogP contribution in [0.25, 0.3) is 11.2 Å². The summed E-state index contributed by atoms with van der Waals surface area (Å²) in [6, 6.07) is 19.8. The molecule has 350 valence electrons. The number of aliphatic hydroxyl groups excluding tert-OH is 1. The molecule has 3 N–H and O–H groups in total. The van der Waals surface area contributed by atoms with Crippen molar-refractivity contribution in [3.05, 3.63) is 88.5 Å². The number of carbonyl (C=O) groups excluding carboxylic acids is 3. The number of benzene rings is 2. The molecular weight excluding hydrogens is 883 g/mol. The highest BCUT2D eigenvalue weighted by Gasteiger charge is 2.57. The van der Waals surface area contributed by atoms with Crippen LogP contribution in [0.5, 0.6) is 0 Å². The van der Waals surface area contributed by atoms with Crippen LogP contribution in [-0.4, -0.2) is 126 Å². The van der Waals surface area contributed by atoms with Gasteiger partial charge >= 0.3 is 20.7 Å². The summed E-state index contributed by atoms with van der Waals surface area (Å²) in [6.07, 6.45) is -3.96. The lowest BCUT2D eigenvalue weighted by Gasteiger charge is -2.44. The average Bonchev–Trinajstić information content (AvgIpc) is 3.76. The summed E-state index contributed by atoms with van der Waals surface area (Å²) in [7, 11) is -8.89. The van der Waals surface area contributed by atoms with Crippen molar-refractivity contribution in [2.45, 2.75) is 104 Å². The minimum atomic E-state index is -3.92. The molecule has 1 saturated heterocycles. The van der Waals surface area contributed by atoms with Crippen LogP contribution in [0.4, 0.5) is 5.95 Å². The highest BCUT2D eigenvalue weighted by atomic mass is 28.5. The fourth-order valence-electron chi connectivity index (χ4n) is 6.80. The number of esters is 2. The molecule has 5 rings (SSSR count). The molecule has 2 aromatic heterocycles. The lowest BCUT2D eigenvalue weighted by Crippen LogP contribution is -2.62. The standard InChI is InChI=1S/C42H61N5O14Si3/c1-27(2)38(51)45-41-44-37-33(39(52)46-41)43-26-47(37)40-35(59-42(55-23-21-53-28(3)48)56-24-22-54-29(4)49)34(50)32(58-40)25-57-64(60-62(5,6)7,61-63(8,9)10)36(30-17-13-11-14-18-30)31-19-15-12-16-20-31/h11-20,26-27,32,34-36,40,42,50H,21-25H2,1-10H3,(H2,44,45,46,51,52)/t32-,34+,35?,40-/m1/s1. The molecule has 1 aliphatic heterocycles. The molecule has 2 aromatic carbocycles. The number of aromatic amines is 1. The van der Waals surface area contributed by atoms with Crippen LogP contribution in [-0.2, 0) is 55.5 Å². The second-order valence-electron chi connectivity index (χ2n) is 17.3. The van der Waals surface area contributed by atoms with E-state index in [2.05, 4.69) is 59.6 Å². The number of ether oxygens (including phenoxy) is 6. The number of aromatic nitrogens is 4. The fourth-order valence-corrected chi connectivity index (χ4v) is 17.3. The van der Waals surface area contributed by atoms with Gasteiger partial charge < -0.3 is 46.2 Å². The summed E-state index contributed by atoms with van der Waals surface area (Å²) in [5, 5.41) is 15.0. The highest BCUT2D eigenvalue weighted by molar-refractivity contribution is 6.86. The number of imidazole rings is 1. The van der Waals surface area contributed by atoms with Crippen LogP contribution in [0.1, 0.15) is 50.6 Å². The third-order valence-corrected chi connectivity index (χ3v) is 18.4. The third kappa shape index (κ3) is 14.0. The number of hydrogen-bond acceptors (Lipinski definition) is 16. The highest BCUT2D eigenvalue weighted by Crippen LogP contribution is 2.41. The molecule has 0 radical (unpaired) electrons. The van der Waals surface area contributed by atoms with Crippen molar-refractivity contribution in [1.82, 2.24) is 19.5 Å². The van der Waals surface area contributed by atoms with E-state index in [0.717, 1.165) is 11.1 Å². The third-order valence-electron chi connectivity index (χ3n) is 9.30. The van der Waals surface area contributed by atoms with Gasteiger partial charge in [-0.15, -0.1) is 0 Å². The van der Waals surface area contributed by atoms with Gasteiger partial charge in [0, 0.05) is 19.8 Å². The predicted octanol–water partition coefficient (Wildman–Crippen LogP) is 4.83. The molecule has 1 aliphatic rings. The van der Waals surface area contributed by atoms with Gasteiger partial charge in [-0.1, -0.05) is 74.5 Å². The Labute approximate surface area is 375 Å². The molecule has 1 fully saturated rings. The fraction of sp³-hybridized carbons (Fsp3) is 0.524. The Balaban J connectivity index is 1.59. The van der Waals surface area contributed by atoms with Crippen molar-refractivity contribution in [2.75, 3.05) is 38.4 Å². The van der Waals surface area contributed by atoms with Crippen molar-refractivity contribution in [3.63, 3.8) is 0 Å². The first-order chi connectivity index (χ1) is 30.2. The van der Waals surface area contributed by atoms with E-state index in [1.165, 1.54) is 24.7 Å². The summed E-state index contributed by atoms with van der Waals surface area (Å²) >= 11 is 0. The van der Waals surface area contributed by atoms with Crippen molar-refractivity contribution in [1.29, 1.82) is 0 Å². The van der Waals surface area contributed by atoms with Crippen LogP contribution in [0, 0.1) is 5.92 Å². The van der Waals surface area contributed by atoms with Gasteiger partial charge in [-0.25, -0.2) is 4.98 Å². The first-order valence-corrected chi connectivity index (χ1v) is 29.7. The van der Waals surface area contributed by atoms with E-state index in [0.29, 0.717) is 0 Å². The number of hydrogen-bond donors (Lipinski definition) is 3. The summed E-state index contributed by atoms with van der Waals surface area (Å²) in [6.45, 7) is 15.8. The molecule has 4 aromatic rings. The number of nitrogens with one attached hydrogen (secondary N) is 2. The first kappa shape index (κ1) is 50.5. The van der Waals surface area contributed by atoms with Gasteiger partial charge in [0.25, 0.3) is 12.0 Å². The van der Waals surface area contributed by atoms with Crippen molar-refractivity contribution in [2.24, 2.45) is 5.92 Å². The molecule has 0 aliphatic carbocycles. The second-order valence-corrected chi connectivity index (χ2v) is 29.5. The van der Waals surface area contributed by atoms with E-state index in [1.54, 1.807) is 13.8 Å². The van der Waals surface area contributed by atoms with E-state index in [9.17, 15) is 24.3 Å². The summed E-state index contributed by atoms with van der Waals surface area (Å²) < 4.78 is 57.7. The predicted molar refractivity (Wildman–Crippen MR) is 241 cm³/mol. The van der Waals surface area contributed by atoms with Crippen molar-refractivity contribution in [3.8, 4) is 0 Å². The molecule has 19 nitrogen and oxygen atoms in total. The lowest BCUT2D eigenvalue weighted by molar-refractivity contribution is -0.320. The Hall–Kier alpha value is -4.47. The van der Waals surface area contributed by atoms with Gasteiger partial charge in [-0.3, -0.25) is 34.0 Å². The molecule has 3 heterocycles. The zero-order valence-corrected chi connectivity index (χ0v) is 41.0. The topological polar surface area (TPSA) is 230 Å². The van der Waals surface area contributed by atoms with Gasteiger partial charge in [-0.05, 0) is 50.4 Å². The first-order valence-electron chi connectivity index (χ1n) is 21.1. The van der Waals surface area contributed by atoms with Gasteiger partial charge in [0.15, 0.2) is 34.0 Å². The Morgan fingerprint density at radius 3 is 1.86 bits per heavy atom. The van der Waals surface area contributed by atoms with Gasteiger partial charge in [-0.2, -0.15) is 4.98 Å². The van der Waals surface area contributed by atoms with Gasteiger partial charge in [0.05, 0.1) is 31.7 Å². The Bertz CT molecular complexity index is 2140. The Kier molecular flexibility index (Phi) is 17.5. The largest absolute Gasteiger partial charge is 0.492 e. The normalized spacial score (nSPS) is 18.3. The summed E-state index contributed by atoms with van der Waals surface area (Å²) in [5.41, 5.74) is 0.630. The number of carbonyl (C=O) groups is 3.